The quantitative estimate of drug-likeness (QED) is 0.143. The third-order valence-corrected chi connectivity index (χ3v) is 28.6. The van der Waals surface area contributed by atoms with Crippen molar-refractivity contribution in [2.24, 2.45) is 0 Å². The van der Waals surface area contributed by atoms with Gasteiger partial charge in [-0.15, -0.1) is 0 Å². The molecule has 16 bridgehead atoms. The van der Waals surface area contributed by atoms with Gasteiger partial charge in [0.25, 0.3) is 0 Å². The lowest BCUT2D eigenvalue weighted by Gasteiger charge is -2.16. The Kier molecular flexibility index (Phi) is 21.7. The van der Waals surface area contributed by atoms with Crippen LogP contribution in [0.1, 0.15) is 0 Å². The maximum absolute atomic E-state index is 13.5. The first-order valence-corrected chi connectivity index (χ1v) is 42.4. The Morgan fingerprint density at radius 2 is 0.325 bits per heavy atom. The molecular formula is C56H48O8S16. The standard InChI is InChI=1S/C56H48O8S16/c1-73(57)49-29-50(74(2)58)42-25-41(49)65-33-13-9-14-34(21-33)67-43-26-44(52(76(4)60)30-51(43)75(3)59)69-37-17-11-18-38(23-37)71-47-28-48(56(80(8)64)32-55(47)79(7)63)72-40-20-12-19-39(24-40)70-46-27-45(53(77(5)61)31-54(46)78(6)62)68-36-16-10-15-35(22-36)66-42/h9-32H,1-8H3. The predicted octanol–water partition coefficient (Wildman–Crippen LogP) is 15.1. The van der Waals surface area contributed by atoms with Gasteiger partial charge in [0, 0.05) is 128 Å². The smallest absolute Gasteiger partial charge is 0.0537 e. The lowest BCUT2D eigenvalue weighted by Crippen LogP contribution is -1.99. The zero-order chi connectivity index (χ0) is 57.1. The number of fused-ring (bicyclic) bond motifs is 16. The van der Waals surface area contributed by atoms with Crippen molar-refractivity contribution in [1.29, 1.82) is 0 Å². The van der Waals surface area contributed by atoms with Gasteiger partial charge in [0.2, 0.25) is 0 Å². The van der Waals surface area contributed by atoms with Gasteiger partial charge in [0.05, 0.1) is 126 Å². The second-order valence-corrected chi connectivity index (χ2v) is 37.0. The van der Waals surface area contributed by atoms with Gasteiger partial charge in [-0.05, 0) is 121 Å². The third-order valence-electron chi connectivity index (χ3n) is 11.6. The van der Waals surface area contributed by atoms with E-state index < -0.39 is 86.4 Å². The minimum absolute atomic E-state index is 0.549. The molecule has 8 atom stereocenters. The van der Waals surface area contributed by atoms with Crippen molar-refractivity contribution < 1.29 is 33.7 Å². The summed E-state index contributed by atoms with van der Waals surface area (Å²) in [5.41, 5.74) is 0. The molecule has 1 aliphatic heterocycles. The largest absolute Gasteiger partial charge is 0.255 e. The first-order chi connectivity index (χ1) is 38.2. The molecule has 8 unspecified atom stereocenters. The molecule has 0 saturated heterocycles. The molecule has 8 aromatic rings. The van der Waals surface area contributed by atoms with Gasteiger partial charge in [0.15, 0.2) is 0 Å². The Labute approximate surface area is 521 Å². The van der Waals surface area contributed by atoms with E-state index >= 15 is 0 Å². The molecule has 8 aromatic carbocycles. The number of rotatable bonds is 8. The molecule has 1 heterocycles. The zero-order valence-electron chi connectivity index (χ0n) is 43.7. The van der Waals surface area contributed by atoms with Crippen LogP contribution in [0.25, 0.3) is 0 Å². The normalized spacial score (nSPS) is 16.1. The molecule has 416 valence electrons. The van der Waals surface area contributed by atoms with Crippen molar-refractivity contribution in [3.63, 3.8) is 0 Å². The summed E-state index contributed by atoms with van der Waals surface area (Å²) in [7, 11) is -11.5. The fourth-order valence-corrected chi connectivity index (χ4v) is 25.0. The molecule has 9 rings (SSSR count). The number of hydrogen-bond acceptors (Lipinski definition) is 16. The minimum Gasteiger partial charge on any atom is -0.255 e. The summed E-state index contributed by atoms with van der Waals surface area (Å²) in [6.07, 6.45) is 12.9. The van der Waals surface area contributed by atoms with E-state index in [9.17, 15) is 33.7 Å². The summed E-state index contributed by atoms with van der Waals surface area (Å²) in [6.45, 7) is 0. The van der Waals surface area contributed by atoms with E-state index in [4.69, 9.17) is 0 Å². The Hall–Kier alpha value is -2.24. The highest BCUT2D eigenvalue weighted by molar-refractivity contribution is 8.03. The van der Waals surface area contributed by atoms with Gasteiger partial charge in [0.1, 0.15) is 0 Å². The summed E-state index contributed by atoms with van der Waals surface area (Å²) in [5.74, 6) is 0. The SMILES string of the molecule is CS(=O)c1cc(S(C)=O)c2cc1Sc1cccc(c1)Sc1cc(c(S(C)=O)cc1S(C)=O)Sc1cccc(c1)Sc1cc(c(S(C)=O)cc1S(C)=O)Sc1cccc(c1)Sc1cc(c(S(C)=O)cc1S(C)=O)Sc1cccc(c1)S2. The van der Waals surface area contributed by atoms with Gasteiger partial charge in [-0.3, -0.25) is 33.7 Å². The predicted molar refractivity (Wildman–Crippen MR) is 343 cm³/mol. The van der Waals surface area contributed by atoms with E-state index in [0.717, 1.165) is 78.3 Å². The van der Waals surface area contributed by atoms with E-state index in [1.165, 1.54) is 94.1 Å². The fourth-order valence-electron chi connectivity index (χ4n) is 7.95. The first kappa shape index (κ1) is 62.3. The van der Waals surface area contributed by atoms with Crippen LogP contribution in [0, 0.1) is 0 Å². The van der Waals surface area contributed by atoms with Crippen LogP contribution in [0.4, 0.5) is 0 Å². The van der Waals surface area contributed by atoms with Crippen LogP contribution in [-0.2, 0) is 86.4 Å². The molecule has 0 N–H and O–H groups in total. The first-order valence-electron chi connectivity index (χ1n) is 23.4. The van der Waals surface area contributed by atoms with Crippen molar-refractivity contribution in [3.8, 4) is 0 Å². The van der Waals surface area contributed by atoms with Crippen molar-refractivity contribution in [1.82, 2.24) is 0 Å². The van der Waals surface area contributed by atoms with E-state index in [-0.39, 0.29) is 0 Å². The summed E-state index contributed by atoms with van der Waals surface area (Å²) in [6, 6.07) is 46.5. The second-order valence-electron chi connectivity index (χ2n) is 17.3. The van der Waals surface area contributed by atoms with Crippen LogP contribution < -0.4 is 0 Å². The van der Waals surface area contributed by atoms with Crippen molar-refractivity contribution in [3.05, 3.63) is 146 Å². The molecule has 0 spiro atoms. The van der Waals surface area contributed by atoms with Crippen LogP contribution in [-0.4, -0.2) is 83.7 Å². The third kappa shape index (κ3) is 15.4. The van der Waals surface area contributed by atoms with Gasteiger partial charge in [-0.25, -0.2) is 0 Å². The van der Waals surface area contributed by atoms with E-state index in [1.807, 2.05) is 121 Å². The Morgan fingerprint density at radius 3 is 0.438 bits per heavy atom. The van der Waals surface area contributed by atoms with Gasteiger partial charge in [-0.2, -0.15) is 0 Å². The Balaban J connectivity index is 1.20. The molecule has 0 aliphatic carbocycles. The summed E-state index contributed by atoms with van der Waals surface area (Å²) in [4.78, 5) is 17.1. The Bertz CT molecular complexity index is 3250. The van der Waals surface area contributed by atoms with Crippen molar-refractivity contribution in [2.75, 3.05) is 50.0 Å². The molecule has 0 radical (unpaired) electrons. The molecule has 0 amide bonds. The number of hydrogen-bond donors (Lipinski definition) is 0. The zero-order valence-corrected chi connectivity index (χ0v) is 56.7. The molecule has 0 fully saturated rings. The molecule has 80 heavy (non-hydrogen) atoms. The molecular weight excluding hydrogens is 1310 g/mol. The van der Waals surface area contributed by atoms with Gasteiger partial charge >= 0.3 is 0 Å². The fraction of sp³-hybridized carbons (Fsp3) is 0.143. The lowest BCUT2D eigenvalue weighted by molar-refractivity contribution is 0.680. The minimum atomic E-state index is -1.44. The molecule has 0 saturated carbocycles. The van der Waals surface area contributed by atoms with Crippen LogP contribution in [0.15, 0.2) is 263 Å². The highest BCUT2D eigenvalue weighted by atomic mass is 32.2. The van der Waals surface area contributed by atoms with E-state index in [2.05, 4.69) is 0 Å². The molecule has 1 aliphatic rings. The van der Waals surface area contributed by atoms with Crippen molar-refractivity contribution >= 4 is 180 Å². The number of benzene rings is 8. The van der Waals surface area contributed by atoms with Crippen LogP contribution in [0.2, 0.25) is 0 Å². The topological polar surface area (TPSA) is 137 Å². The van der Waals surface area contributed by atoms with Gasteiger partial charge in [-0.1, -0.05) is 118 Å². The van der Waals surface area contributed by atoms with Crippen LogP contribution in [0.5, 0.6) is 0 Å². The highest BCUT2D eigenvalue weighted by Gasteiger charge is 2.23. The van der Waals surface area contributed by atoms with E-state index in [0.29, 0.717) is 39.2 Å². The lowest BCUT2D eigenvalue weighted by atomic mass is 10.3. The highest BCUT2D eigenvalue weighted by Crippen LogP contribution is 2.48. The Morgan fingerprint density at radius 1 is 0.200 bits per heavy atom. The summed E-state index contributed by atoms with van der Waals surface area (Å²) >= 11 is 11.6. The second kappa shape index (κ2) is 27.9. The monoisotopic (exact) mass is 1360 g/mol. The maximum Gasteiger partial charge on any atom is 0.0537 e. The van der Waals surface area contributed by atoms with Crippen molar-refractivity contribution in [2.45, 2.75) is 117 Å². The average molecular weight is 1360 g/mol. The molecule has 24 heteroatoms. The summed E-state index contributed by atoms with van der Waals surface area (Å²) < 4.78 is 108. The van der Waals surface area contributed by atoms with Crippen LogP contribution >= 0.6 is 94.1 Å². The maximum atomic E-state index is 13.5. The molecule has 0 aromatic heterocycles. The van der Waals surface area contributed by atoms with Gasteiger partial charge < -0.3 is 0 Å². The molecule has 8 nitrogen and oxygen atoms in total. The average Bonchev–Trinajstić information content (AvgIpc) is 3.39. The summed E-state index contributed by atoms with van der Waals surface area (Å²) in [5, 5.41) is 0. The van der Waals surface area contributed by atoms with E-state index in [1.54, 1.807) is 74.3 Å². The van der Waals surface area contributed by atoms with Crippen LogP contribution in [0.3, 0.4) is 0 Å².